The largest absolute Gasteiger partial charge is 0.366 e. The quantitative estimate of drug-likeness (QED) is 0.474. The third kappa shape index (κ3) is 8.70. The summed E-state index contributed by atoms with van der Waals surface area (Å²) in [6.07, 6.45) is 6.66. The van der Waals surface area contributed by atoms with Gasteiger partial charge in [-0.05, 0) is 25.0 Å². The Balaban J connectivity index is 0.000000341. The summed E-state index contributed by atoms with van der Waals surface area (Å²) < 4.78 is 13.5. The fourth-order valence-electron chi connectivity index (χ4n) is 2.46. The van der Waals surface area contributed by atoms with Crippen molar-refractivity contribution in [2.45, 2.75) is 38.1 Å². The van der Waals surface area contributed by atoms with Gasteiger partial charge in [0.1, 0.15) is 0 Å². The Hall–Kier alpha value is -0.290. The molecule has 1 atom stereocenters. The van der Waals surface area contributed by atoms with Gasteiger partial charge in [-0.2, -0.15) is 0 Å². The van der Waals surface area contributed by atoms with E-state index in [4.69, 9.17) is 28.9 Å². The third-order valence-electron chi connectivity index (χ3n) is 3.77. The van der Waals surface area contributed by atoms with Gasteiger partial charge in [0.25, 0.3) is 0 Å². The number of rotatable bonds is 7. The van der Waals surface area contributed by atoms with Crippen molar-refractivity contribution in [1.29, 1.82) is 0 Å². The number of para-hydroxylation sites is 1. The fourth-order valence-corrected chi connectivity index (χ4v) is 4.48. The van der Waals surface area contributed by atoms with E-state index in [1.807, 2.05) is 6.07 Å². The van der Waals surface area contributed by atoms with Gasteiger partial charge >= 0.3 is 7.67 Å². The summed E-state index contributed by atoms with van der Waals surface area (Å²) in [6.45, 7) is 0.615. The van der Waals surface area contributed by atoms with E-state index >= 15 is 0 Å². The Morgan fingerprint density at radius 1 is 1.12 bits per heavy atom. The second-order valence-corrected chi connectivity index (χ2v) is 8.38. The number of halogens is 2. The van der Waals surface area contributed by atoms with E-state index in [1.54, 1.807) is 24.3 Å². The Morgan fingerprint density at radius 2 is 1.67 bits per heavy atom. The van der Waals surface area contributed by atoms with Crippen molar-refractivity contribution < 1.29 is 9.46 Å². The number of nitrogens with zero attached hydrogens (tertiary/aromatic N) is 1. The molecule has 138 valence electrons. The smallest absolute Gasteiger partial charge is 0.328 e. The summed E-state index contributed by atoms with van der Waals surface area (Å²) in [7, 11) is -3.64. The molecule has 1 saturated carbocycles. The maximum absolute atomic E-state index is 12.1. The molecule has 1 aliphatic carbocycles. The van der Waals surface area contributed by atoms with Crippen LogP contribution in [0.2, 0.25) is 0 Å². The Bertz CT molecular complexity index is 481. The SMILES string of the molecule is NC1CCCCC1.O=P(O)(Nc1ccccc1)N(CCCl)CCCl. The van der Waals surface area contributed by atoms with Crippen LogP contribution in [0.3, 0.4) is 0 Å². The zero-order valence-corrected chi connectivity index (χ0v) is 16.3. The first-order valence-electron chi connectivity index (χ1n) is 8.28. The van der Waals surface area contributed by atoms with E-state index in [1.165, 1.54) is 36.8 Å². The lowest BCUT2D eigenvalue weighted by Gasteiger charge is -2.26. The Kier molecular flexibility index (Phi) is 11.0. The number of alkyl halides is 2. The van der Waals surface area contributed by atoms with Crippen LogP contribution in [0.15, 0.2) is 30.3 Å². The van der Waals surface area contributed by atoms with Crippen molar-refractivity contribution >= 4 is 36.6 Å². The first kappa shape index (κ1) is 21.8. The predicted molar refractivity (Wildman–Crippen MR) is 104 cm³/mol. The zero-order valence-electron chi connectivity index (χ0n) is 13.9. The van der Waals surface area contributed by atoms with Crippen molar-refractivity contribution in [3.63, 3.8) is 0 Å². The molecule has 0 bridgehead atoms. The van der Waals surface area contributed by atoms with Crippen molar-refractivity contribution in [2.75, 3.05) is 29.9 Å². The van der Waals surface area contributed by atoms with Gasteiger partial charge in [0.2, 0.25) is 0 Å². The standard InChI is InChI=1S/C10H15Cl2N2O2P.C6H13N/c11-6-8-14(9-7-12)17(15,16)13-10-4-2-1-3-5-10;7-6-4-2-1-3-5-6/h1-5H,6-9H2,(H2,13,15,16);6H,1-5,7H2. The molecule has 0 heterocycles. The van der Waals surface area contributed by atoms with Crippen molar-refractivity contribution in [1.82, 2.24) is 4.67 Å². The van der Waals surface area contributed by atoms with Crippen LogP contribution < -0.4 is 10.8 Å². The summed E-state index contributed by atoms with van der Waals surface area (Å²) >= 11 is 11.2. The topological polar surface area (TPSA) is 78.6 Å². The molecule has 4 N–H and O–H groups in total. The second kappa shape index (κ2) is 12.1. The maximum Gasteiger partial charge on any atom is 0.366 e. The van der Waals surface area contributed by atoms with Crippen LogP contribution in [0, 0.1) is 0 Å². The lowest BCUT2D eigenvalue weighted by atomic mass is 9.97. The summed E-state index contributed by atoms with van der Waals surface area (Å²) in [4.78, 5) is 9.94. The van der Waals surface area contributed by atoms with E-state index < -0.39 is 7.67 Å². The number of nitrogens with two attached hydrogens (primary N) is 1. The predicted octanol–water partition coefficient (Wildman–Crippen LogP) is 4.26. The molecule has 0 spiro atoms. The van der Waals surface area contributed by atoms with Gasteiger partial charge in [0.15, 0.2) is 0 Å². The average Bonchev–Trinajstić information content (AvgIpc) is 2.56. The molecule has 1 aromatic carbocycles. The van der Waals surface area contributed by atoms with Crippen molar-refractivity contribution in [3.8, 4) is 0 Å². The molecule has 1 fully saturated rings. The molecular formula is C16H28Cl2N3O2P. The fraction of sp³-hybridized carbons (Fsp3) is 0.625. The number of hydrogen-bond acceptors (Lipinski definition) is 2. The normalized spacial score (nSPS) is 17.7. The van der Waals surface area contributed by atoms with E-state index in [0.29, 0.717) is 24.8 Å². The minimum atomic E-state index is -3.64. The molecule has 0 radical (unpaired) electrons. The van der Waals surface area contributed by atoms with Gasteiger partial charge in [0, 0.05) is 36.6 Å². The number of anilines is 1. The van der Waals surface area contributed by atoms with Crippen molar-refractivity contribution in [3.05, 3.63) is 30.3 Å². The third-order valence-corrected chi connectivity index (χ3v) is 5.82. The molecule has 1 aliphatic rings. The van der Waals surface area contributed by atoms with Crippen LogP contribution in [-0.2, 0) is 4.57 Å². The molecule has 24 heavy (non-hydrogen) atoms. The average molecular weight is 396 g/mol. The van der Waals surface area contributed by atoms with Gasteiger partial charge < -0.3 is 15.7 Å². The summed E-state index contributed by atoms with van der Waals surface area (Å²) in [5.74, 6) is 0.551. The van der Waals surface area contributed by atoms with Gasteiger partial charge in [-0.25, -0.2) is 9.24 Å². The highest BCUT2D eigenvalue weighted by Crippen LogP contribution is 2.44. The van der Waals surface area contributed by atoms with E-state index in [0.717, 1.165) is 0 Å². The highest BCUT2D eigenvalue weighted by atomic mass is 35.5. The molecule has 0 amide bonds. The zero-order chi connectivity index (χ0) is 17.8. The van der Waals surface area contributed by atoms with Gasteiger partial charge in [-0.3, -0.25) is 0 Å². The highest BCUT2D eigenvalue weighted by molar-refractivity contribution is 7.57. The van der Waals surface area contributed by atoms with Gasteiger partial charge in [-0.1, -0.05) is 37.5 Å². The van der Waals surface area contributed by atoms with E-state index in [9.17, 15) is 9.46 Å². The molecule has 1 unspecified atom stereocenters. The first-order valence-corrected chi connectivity index (χ1v) is 11.0. The van der Waals surface area contributed by atoms with Crippen LogP contribution >= 0.6 is 30.9 Å². The summed E-state index contributed by atoms with van der Waals surface area (Å²) in [5, 5.41) is 2.61. The molecule has 0 saturated heterocycles. The van der Waals surface area contributed by atoms with Crippen LogP contribution in [0.25, 0.3) is 0 Å². The van der Waals surface area contributed by atoms with Gasteiger partial charge in [0.05, 0.1) is 0 Å². The second-order valence-electron chi connectivity index (χ2n) is 5.75. The van der Waals surface area contributed by atoms with Crippen LogP contribution in [-0.4, -0.2) is 40.5 Å². The first-order chi connectivity index (χ1) is 11.5. The number of hydrogen-bond donors (Lipinski definition) is 3. The lowest BCUT2D eigenvalue weighted by molar-refractivity contribution is 0.372. The number of benzene rings is 1. The monoisotopic (exact) mass is 395 g/mol. The number of nitrogens with one attached hydrogen (secondary N) is 1. The molecule has 8 heteroatoms. The van der Waals surface area contributed by atoms with Crippen molar-refractivity contribution in [2.24, 2.45) is 5.73 Å². The van der Waals surface area contributed by atoms with Crippen LogP contribution in [0.5, 0.6) is 0 Å². The molecule has 1 aromatic rings. The summed E-state index contributed by atoms with van der Waals surface area (Å²) in [5.41, 5.74) is 6.22. The highest BCUT2D eigenvalue weighted by Gasteiger charge is 2.27. The molecule has 5 nitrogen and oxygen atoms in total. The minimum absolute atomic E-state index is 0.276. The molecule has 0 aromatic heterocycles. The molecule has 0 aliphatic heterocycles. The maximum atomic E-state index is 12.1. The van der Waals surface area contributed by atoms with Crippen LogP contribution in [0.1, 0.15) is 32.1 Å². The Labute approximate surface area is 155 Å². The molecular weight excluding hydrogens is 368 g/mol. The van der Waals surface area contributed by atoms with E-state index in [-0.39, 0.29) is 11.8 Å². The van der Waals surface area contributed by atoms with E-state index in [2.05, 4.69) is 5.09 Å². The van der Waals surface area contributed by atoms with Crippen LogP contribution in [0.4, 0.5) is 5.69 Å². The Morgan fingerprint density at radius 3 is 2.08 bits per heavy atom. The van der Waals surface area contributed by atoms with Gasteiger partial charge in [-0.15, -0.1) is 23.2 Å². The minimum Gasteiger partial charge on any atom is -0.328 e. The summed E-state index contributed by atoms with van der Waals surface area (Å²) in [6, 6.07) is 9.40. The molecule has 2 rings (SSSR count). The lowest BCUT2D eigenvalue weighted by Crippen LogP contribution is -2.27.